The van der Waals surface area contributed by atoms with Gasteiger partial charge in [0.25, 0.3) is 5.91 Å². The van der Waals surface area contributed by atoms with Crippen LogP contribution in [0.1, 0.15) is 67.6 Å². The fraction of sp³-hybridized carbons (Fsp3) is 0.536. The number of piperidine rings is 1. The number of nitrogens with zero attached hydrogens (tertiary/aromatic N) is 4. The van der Waals surface area contributed by atoms with Crippen molar-refractivity contribution >= 4 is 23.1 Å². The van der Waals surface area contributed by atoms with Gasteiger partial charge in [-0.25, -0.2) is 14.4 Å². The first-order chi connectivity index (χ1) is 18.0. The van der Waals surface area contributed by atoms with Crippen molar-refractivity contribution in [2.45, 2.75) is 78.2 Å². The molecule has 1 fully saturated rings. The topological polar surface area (TPSA) is 105 Å². The van der Waals surface area contributed by atoms with Gasteiger partial charge >= 0.3 is 0 Å². The van der Waals surface area contributed by atoms with Gasteiger partial charge in [0, 0.05) is 35.8 Å². The summed E-state index contributed by atoms with van der Waals surface area (Å²) in [6.07, 6.45) is 1.12. The number of rotatable bonds is 7. The number of likely N-dealkylation sites (tertiary alicyclic amines) is 1. The quantitative estimate of drug-likeness (QED) is 0.539. The maximum Gasteiger partial charge on any atom is 0.258 e. The van der Waals surface area contributed by atoms with Crippen LogP contribution >= 0.6 is 11.6 Å². The van der Waals surface area contributed by atoms with Gasteiger partial charge in [0.15, 0.2) is 5.82 Å². The molecule has 3 N–H and O–H groups in total. The summed E-state index contributed by atoms with van der Waals surface area (Å²) < 4.78 is 20.6. The highest BCUT2D eigenvalue weighted by Crippen LogP contribution is 2.33. The average molecular weight is 546 g/mol. The van der Waals surface area contributed by atoms with Gasteiger partial charge in [-0.1, -0.05) is 25.4 Å². The first-order valence-electron chi connectivity index (χ1n) is 13.2. The number of hydrogen-bond acceptors (Lipinski definition) is 7. The SMILES string of the molecule is CCCN1C(CC)CC(Oc2cc(F)ccc2C(=O)N2CC(N)=C(c3nc(C)c(Cl)c(C)n3)C2)C(O)C1C. The van der Waals surface area contributed by atoms with E-state index in [2.05, 4.69) is 28.7 Å². The van der Waals surface area contributed by atoms with Gasteiger partial charge < -0.3 is 20.5 Å². The molecule has 4 unspecified atom stereocenters. The highest BCUT2D eigenvalue weighted by molar-refractivity contribution is 6.31. The summed E-state index contributed by atoms with van der Waals surface area (Å²) in [5.74, 6) is -0.311. The van der Waals surface area contributed by atoms with Crippen molar-refractivity contribution in [2.24, 2.45) is 5.73 Å². The van der Waals surface area contributed by atoms with E-state index in [0.29, 0.717) is 39.9 Å². The highest BCUT2D eigenvalue weighted by atomic mass is 35.5. The molecule has 4 atom stereocenters. The Bertz CT molecular complexity index is 1210. The van der Waals surface area contributed by atoms with Crippen molar-refractivity contribution in [1.82, 2.24) is 19.8 Å². The van der Waals surface area contributed by atoms with Gasteiger partial charge in [-0.2, -0.15) is 0 Å². The van der Waals surface area contributed by atoms with Crippen LogP contribution in [0.15, 0.2) is 23.9 Å². The standard InChI is InChI=1S/C28H37ClFN5O3/c1-6-10-35-17(5)26(36)24(12-19(35)7-2)38-23-11-18(30)8-9-20(23)28(37)34-13-21(22(31)14-34)27-32-15(3)25(29)16(4)33-27/h8-9,11,17,19,24,26,36H,6-7,10,12-14,31H2,1-5H3. The van der Waals surface area contributed by atoms with Crippen LogP contribution in [0, 0.1) is 19.7 Å². The molecule has 2 aromatic rings. The number of hydrogen-bond donors (Lipinski definition) is 2. The summed E-state index contributed by atoms with van der Waals surface area (Å²) in [6, 6.07) is 3.98. The molecule has 1 amide bonds. The summed E-state index contributed by atoms with van der Waals surface area (Å²) >= 11 is 6.22. The number of aliphatic hydroxyl groups is 1. The lowest BCUT2D eigenvalue weighted by Gasteiger charge is -2.46. The minimum atomic E-state index is -0.778. The van der Waals surface area contributed by atoms with Crippen LogP contribution in [0.3, 0.4) is 0 Å². The van der Waals surface area contributed by atoms with Crippen molar-refractivity contribution in [1.29, 1.82) is 0 Å². The Kier molecular flexibility index (Phi) is 8.59. The van der Waals surface area contributed by atoms with Crippen molar-refractivity contribution in [3.05, 3.63) is 57.5 Å². The molecule has 4 rings (SSSR count). The predicted octanol–water partition coefficient (Wildman–Crippen LogP) is 4.10. The van der Waals surface area contributed by atoms with Crippen molar-refractivity contribution in [3.63, 3.8) is 0 Å². The molecule has 0 aliphatic carbocycles. The molecule has 1 saturated heterocycles. The molecular weight excluding hydrogens is 509 g/mol. The van der Waals surface area contributed by atoms with Crippen LogP contribution in [-0.2, 0) is 0 Å². The Morgan fingerprint density at radius 1 is 1.24 bits per heavy atom. The average Bonchev–Trinajstić information content (AvgIpc) is 3.28. The number of amides is 1. The lowest BCUT2D eigenvalue weighted by Crippen LogP contribution is -2.59. The van der Waals surface area contributed by atoms with Crippen LogP contribution in [0.25, 0.3) is 5.57 Å². The number of carbonyl (C=O) groups excluding carboxylic acids is 1. The molecule has 0 radical (unpaired) electrons. The maximum atomic E-state index is 14.3. The minimum absolute atomic E-state index is 0.117. The Balaban J connectivity index is 1.56. The van der Waals surface area contributed by atoms with E-state index in [1.54, 1.807) is 18.7 Å². The fourth-order valence-corrected chi connectivity index (χ4v) is 5.58. The van der Waals surface area contributed by atoms with Crippen LogP contribution in [-0.4, -0.2) is 74.7 Å². The van der Waals surface area contributed by atoms with Crippen LogP contribution in [0.5, 0.6) is 5.75 Å². The third-order valence-electron chi connectivity index (χ3n) is 7.61. The normalized spacial score (nSPS) is 24.3. The number of aryl methyl sites for hydroxylation is 2. The number of carbonyl (C=O) groups is 1. The third-order valence-corrected chi connectivity index (χ3v) is 8.16. The number of nitrogens with two attached hydrogens (primary N) is 1. The second-order valence-electron chi connectivity index (χ2n) is 10.3. The molecule has 10 heteroatoms. The number of benzene rings is 1. The summed E-state index contributed by atoms with van der Waals surface area (Å²) in [7, 11) is 0. The fourth-order valence-electron chi connectivity index (χ4n) is 5.49. The zero-order valence-corrected chi connectivity index (χ0v) is 23.4. The molecule has 0 bridgehead atoms. The Morgan fingerprint density at radius 3 is 2.55 bits per heavy atom. The van der Waals surface area contributed by atoms with E-state index >= 15 is 0 Å². The highest BCUT2D eigenvalue weighted by Gasteiger charge is 2.41. The van der Waals surface area contributed by atoms with Gasteiger partial charge in [-0.05, 0) is 52.3 Å². The molecule has 0 spiro atoms. The van der Waals surface area contributed by atoms with E-state index in [1.165, 1.54) is 18.2 Å². The molecule has 1 aromatic carbocycles. The molecule has 0 saturated carbocycles. The summed E-state index contributed by atoms with van der Waals surface area (Å²) in [5.41, 5.74) is 8.95. The van der Waals surface area contributed by atoms with E-state index < -0.39 is 18.0 Å². The van der Waals surface area contributed by atoms with E-state index in [0.717, 1.165) is 19.4 Å². The van der Waals surface area contributed by atoms with Crippen LogP contribution in [0.4, 0.5) is 4.39 Å². The summed E-state index contributed by atoms with van der Waals surface area (Å²) in [5, 5.41) is 11.6. The van der Waals surface area contributed by atoms with Gasteiger partial charge in [-0.3, -0.25) is 9.69 Å². The van der Waals surface area contributed by atoms with E-state index in [-0.39, 0.29) is 42.4 Å². The first-order valence-corrected chi connectivity index (χ1v) is 13.6. The third kappa shape index (κ3) is 5.51. The molecule has 206 valence electrons. The van der Waals surface area contributed by atoms with E-state index in [9.17, 15) is 14.3 Å². The molecule has 8 nitrogen and oxygen atoms in total. The van der Waals surface area contributed by atoms with Gasteiger partial charge in [0.1, 0.15) is 23.8 Å². The Hall–Kier alpha value is -2.75. The molecule has 2 aliphatic heterocycles. The monoisotopic (exact) mass is 545 g/mol. The summed E-state index contributed by atoms with van der Waals surface area (Å²) in [6.45, 7) is 11.1. The minimum Gasteiger partial charge on any atom is -0.487 e. The van der Waals surface area contributed by atoms with Crippen molar-refractivity contribution in [2.75, 3.05) is 19.6 Å². The van der Waals surface area contributed by atoms with Gasteiger partial charge in [0.2, 0.25) is 0 Å². The molecular formula is C28H37ClFN5O3. The maximum absolute atomic E-state index is 14.3. The Labute approximate surface area is 228 Å². The number of halogens is 2. The Morgan fingerprint density at radius 2 is 1.92 bits per heavy atom. The number of aromatic nitrogens is 2. The molecule has 2 aliphatic rings. The van der Waals surface area contributed by atoms with Gasteiger partial charge in [-0.15, -0.1) is 0 Å². The number of aliphatic hydroxyl groups excluding tert-OH is 1. The smallest absolute Gasteiger partial charge is 0.258 e. The molecule has 1 aromatic heterocycles. The van der Waals surface area contributed by atoms with Crippen molar-refractivity contribution < 1.29 is 19.0 Å². The zero-order valence-electron chi connectivity index (χ0n) is 22.7. The van der Waals surface area contributed by atoms with E-state index in [4.69, 9.17) is 22.1 Å². The van der Waals surface area contributed by atoms with Gasteiger partial charge in [0.05, 0.1) is 35.1 Å². The lowest BCUT2D eigenvalue weighted by molar-refractivity contribution is -0.0843. The van der Waals surface area contributed by atoms with Crippen LogP contribution < -0.4 is 10.5 Å². The second kappa shape index (κ2) is 11.6. The lowest BCUT2D eigenvalue weighted by atomic mass is 9.89. The predicted molar refractivity (Wildman–Crippen MR) is 146 cm³/mol. The zero-order chi connectivity index (χ0) is 27.7. The van der Waals surface area contributed by atoms with E-state index in [1.807, 2.05) is 6.92 Å². The number of ether oxygens (including phenoxy) is 1. The van der Waals surface area contributed by atoms with Crippen LogP contribution in [0.2, 0.25) is 5.02 Å². The summed E-state index contributed by atoms with van der Waals surface area (Å²) in [4.78, 5) is 26.4. The second-order valence-corrected chi connectivity index (χ2v) is 10.6. The molecule has 3 heterocycles. The molecule has 38 heavy (non-hydrogen) atoms. The first kappa shape index (κ1) is 28.3. The largest absolute Gasteiger partial charge is 0.487 e. The van der Waals surface area contributed by atoms with Crippen molar-refractivity contribution in [3.8, 4) is 5.75 Å².